The van der Waals surface area contributed by atoms with Gasteiger partial charge in [0, 0.05) is 0 Å². The number of ether oxygens (including phenoxy) is 2. The molecule has 0 heterocycles. The molecule has 0 aliphatic heterocycles. The zero-order valence-electron chi connectivity index (χ0n) is 14.9. The molecule has 4 rings (SSSR count). The van der Waals surface area contributed by atoms with E-state index in [0.29, 0.717) is 28.0 Å². The lowest BCUT2D eigenvalue weighted by Gasteiger charge is -2.09. The molecule has 0 N–H and O–H groups in total. The van der Waals surface area contributed by atoms with E-state index in [1.165, 1.54) is 0 Å². The summed E-state index contributed by atoms with van der Waals surface area (Å²) in [5, 5.41) is 1.46. The molecule has 0 radical (unpaired) electrons. The lowest BCUT2D eigenvalue weighted by Crippen LogP contribution is -2.10. The summed E-state index contributed by atoms with van der Waals surface area (Å²) in [7, 11) is 0. The predicted molar refractivity (Wildman–Crippen MR) is 107 cm³/mol. The molecule has 0 saturated heterocycles. The molecular formula is C24H16O4. The van der Waals surface area contributed by atoms with E-state index in [9.17, 15) is 9.59 Å². The molecule has 0 bridgehead atoms. The van der Waals surface area contributed by atoms with E-state index in [1.54, 1.807) is 78.9 Å². The highest BCUT2D eigenvalue weighted by molar-refractivity contribution is 6.07. The third-order valence-electron chi connectivity index (χ3n) is 4.24. The van der Waals surface area contributed by atoms with Crippen molar-refractivity contribution in [1.82, 2.24) is 0 Å². The summed E-state index contributed by atoms with van der Waals surface area (Å²) >= 11 is 0. The summed E-state index contributed by atoms with van der Waals surface area (Å²) in [4.78, 5) is 25.0. The Bertz CT molecular complexity index is 1140. The van der Waals surface area contributed by atoms with Gasteiger partial charge in [0.2, 0.25) is 0 Å². The van der Waals surface area contributed by atoms with Crippen molar-refractivity contribution >= 4 is 22.7 Å². The van der Waals surface area contributed by atoms with Gasteiger partial charge in [0.25, 0.3) is 0 Å². The van der Waals surface area contributed by atoms with Crippen LogP contribution in [0.25, 0.3) is 10.8 Å². The summed E-state index contributed by atoms with van der Waals surface area (Å²) in [6.45, 7) is 0. The fraction of sp³-hybridized carbons (Fsp3) is 0. The fourth-order valence-corrected chi connectivity index (χ4v) is 2.89. The van der Waals surface area contributed by atoms with Gasteiger partial charge < -0.3 is 9.47 Å². The molecule has 0 aliphatic rings. The molecule has 4 heteroatoms. The van der Waals surface area contributed by atoms with Crippen molar-refractivity contribution < 1.29 is 19.1 Å². The molecule has 0 aromatic heterocycles. The van der Waals surface area contributed by atoms with Crippen LogP contribution >= 0.6 is 0 Å². The summed E-state index contributed by atoms with van der Waals surface area (Å²) < 4.78 is 10.8. The maximum Gasteiger partial charge on any atom is 0.344 e. The number of para-hydroxylation sites is 2. The van der Waals surface area contributed by atoms with Crippen molar-refractivity contribution in [3.05, 3.63) is 108 Å². The second kappa shape index (κ2) is 7.76. The summed E-state index contributed by atoms with van der Waals surface area (Å²) in [5.41, 5.74) is 0.842. The van der Waals surface area contributed by atoms with Gasteiger partial charge in [-0.3, -0.25) is 0 Å². The number of hydrogen-bond acceptors (Lipinski definition) is 4. The van der Waals surface area contributed by atoms with Crippen molar-refractivity contribution in [3.8, 4) is 11.5 Å². The van der Waals surface area contributed by atoms with E-state index in [0.717, 1.165) is 5.39 Å². The van der Waals surface area contributed by atoms with Gasteiger partial charge in [-0.25, -0.2) is 9.59 Å². The Kier molecular flexibility index (Phi) is 4.85. The lowest BCUT2D eigenvalue weighted by atomic mass is 10.0. The Hall–Kier alpha value is -3.92. The van der Waals surface area contributed by atoms with Crippen molar-refractivity contribution in [2.24, 2.45) is 0 Å². The number of fused-ring (bicyclic) bond motifs is 1. The van der Waals surface area contributed by atoms with Gasteiger partial charge in [-0.05, 0) is 53.2 Å². The van der Waals surface area contributed by atoms with E-state index >= 15 is 0 Å². The third-order valence-corrected chi connectivity index (χ3v) is 4.24. The van der Waals surface area contributed by atoms with Crippen LogP contribution in [-0.4, -0.2) is 11.9 Å². The number of hydrogen-bond donors (Lipinski definition) is 0. The minimum atomic E-state index is -0.453. The van der Waals surface area contributed by atoms with E-state index in [1.807, 2.05) is 18.2 Å². The second-order valence-electron chi connectivity index (χ2n) is 6.15. The first-order valence-corrected chi connectivity index (χ1v) is 8.78. The number of esters is 2. The molecule has 0 aliphatic carbocycles. The van der Waals surface area contributed by atoms with Crippen LogP contribution in [-0.2, 0) is 0 Å². The molecule has 0 unspecified atom stereocenters. The smallest absolute Gasteiger partial charge is 0.344 e. The molecule has 28 heavy (non-hydrogen) atoms. The van der Waals surface area contributed by atoms with Crippen LogP contribution in [0.4, 0.5) is 0 Å². The van der Waals surface area contributed by atoms with Gasteiger partial charge >= 0.3 is 11.9 Å². The standard InChI is InChI=1S/C24H16O4/c25-23(27-19-9-3-1-4-10-19)18-14-15-21-17(16-18)8-7-13-22(21)24(26)28-20-11-5-2-6-12-20/h1-16H. The molecule has 136 valence electrons. The topological polar surface area (TPSA) is 52.6 Å². The molecule has 0 saturated carbocycles. The second-order valence-corrected chi connectivity index (χ2v) is 6.15. The highest BCUT2D eigenvalue weighted by Crippen LogP contribution is 2.23. The molecule has 0 spiro atoms. The van der Waals surface area contributed by atoms with Crippen LogP contribution in [0.5, 0.6) is 11.5 Å². The van der Waals surface area contributed by atoms with Crippen LogP contribution in [0, 0.1) is 0 Å². The number of carbonyl (C=O) groups excluding carboxylic acids is 2. The molecule has 4 nitrogen and oxygen atoms in total. The summed E-state index contributed by atoms with van der Waals surface area (Å²) in [6.07, 6.45) is 0. The highest BCUT2D eigenvalue weighted by atomic mass is 16.5. The Morgan fingerprint density at radius 1 is 0.571 bits per heavy atom. The van der Waals surface area contributed by atoms with Crippen LogP contribution < -0.4 is 9.47 Å². The Morgan fingerprint density at radius 3 is 1.82 bits per heavy atom. The first-order valence-electron chi connectivity index (χ1n) is 8.78. The maximum atomic E-state index is 12.6. The quantitative estimate of drug-likeness (QED) is 0.363. The predicted octanol–water partition coefficient (Wildman–Crippen LogP) is 5.28. The molecule has 4 aromatic carbocycles. The van der Waals surface area contributed by atoms with Gasteiger partial charge in [0.05, 0.1) is 11.1 Å². The molecular weight excluding hydrogens is 352 g/mol. The van der Waals surface area contributed by atoms with Gasteiger partial charge in [-0.1, -0.05) is 54.6 Å². The van der Waals surface area contributed by atoms with Crippen LogP contribution in [0.2, 0.25) is 0 Å². The summed E-state index contributed by atoms with van der Waals surface area (Å²) in [5.74, 6) is 0.0575. The first kappa shape index (κ1) is 17.5. The maximum absolute atomic E-state index is 12.6. The number of benzene rings is 4. The van der Waals surface area contributed by atoms with E-state index in [4.69, 9.17) is 9.47 Å². The van der Waals surface area contributed by atoms with Crippen molar-refractivity contribution in [2.45, 2.75) is 0 Å². The van der Waals surface area contributed by atoms with Crippen molar-refractivity contribution in [3.63, 3.8) is 0 Å². The first-order chi connectivity index (χ1) is 13.7. The normalized spacial score (nSPS) is 10.4. The van der Waals surface area contributed by atoms with E-state index < -0.39 is 11.9 Å². The fourth-order valence-electron chi connectivity index (χ4n) is 2.89. The number of carbonyl (C=O) groups is 2. The zero-order valence-corrected chi connectivity index (χ0v) is 14.9. The van der Waals surface area contributed by atoms with Crippen molar-refractivity contribution in [2.75, 3.05) is 0 Å². The molecule has 4 aromatic rings. The van der Waals surface area contributed by atoms with E-state index in [2.05, 4.69) is 0 Å². The average Bonchev–Trinajstić information content (AvgIpc) is 2.74. The highest BCUT2D eigenvalue weighted by Gasteiger charge is 2.15. The van der Waals surface area contributed by atoms with Crippen LogP contribution in [0.1, 0.15) is 20.7 Å². The van der Waals surface area contributed by atoms with Crippen molar-refractivity contribution in [1.29, 1.82) is 0 Å². The molecule has 0 amide bonds. The van der Waals surface area contributed by atoms with Gasteiger partial charge in [0.15, 0.2) is 0 Å². The van der Waals surface area contributed by atoms with Gasteiger partial charge in [-0.15, -0.1) is 0 Å². The minimum absolute atomic E-state index is 0.407. The average molecular weight is 368 g/mol. The Labute approximate surface area is 162 Å². The molecule has 0 atom stereocenters. The van der Waals surface area contributed by atoms with Crippen LogP contribution in [0.3, 0.4) is 0 Å². The monoisotopic (exact) mass is 368 g/mol. The lowest BCUT2D eigenvalue weighted by molar-refractivity contribution is 0.0727. The van der Waals surface area contributed by atoms with Gasteiger partial charge in [0.1, 0.15) is 11.5 Å². The summed E-state index contributed by atoms with van der Waals surface area (Å²) in [6, 6.07) is 28.2. The largest absolute Gasteiger partial charge is 0.423 e. The number of rotatable bonds is 4. The van der Waals surface area contributed by atoms with Gasteiger partial charge in [-0.2, -0.15) is 0 Å². The minimum Gasteiger partial charge on any atom is -0.423 e. The third kappa shape index (κ3) is 3.76. The van der Waals surface area contributed by atoms with E-state index in [-0.39, 0.29) is 0 Å². The van der Waals surface area contributed by atoms with Crippen LogP contribution in [0.15, 0.2) is 97.1 Å². The Balaban J connectivity index is 1.61. The Morgan fingerprint density at radius 2 is 1.18 bits per heavy atom. The zero-order chi connectivity index (χ0) is 19.3. The molecule has 0 fully saturated rings. The SMILES string of the molecule is O=C(Oc1ccccc1)c1ccc2c(C(=O)Oc3ccccc3)cccc2c1.